The van der Waals surface area contributed by atoms with Crippen LogP contribution in [-0.4, -0.2) is 51.5 Å². The van der Waals surface area contributed by atoms with Crippen molar-refractivity contribution in [2.45, 2.75) is 25.9 Å². The van der Waals surface area contributed by atoms with E-state index >= 15 is 0 Å². The number of hydrogen-bond donors (Lipinski definition) is 1. The summed E-state index contributed by atoms with van der Waals surface area (Å²) in [4.78, 5) is 14.7. The molecule has 4 heterocycles. The molecule has 5 rings (SSSR count). The molecular formula is C20H22N6O2. The van der Waals surface area contributed by atoms with E-state index in [4.69, 9.17) is 4.74 Å². The summed E-state index contributed by atoms with van der Waals surface area (Å²) in [5.41, 5.74) is 1.92. The van der Waals surface area contributed by atoms with Gasteiger partial charge in [0.25, 0.3) is 5.91 Å². The number of amides is 1. The molecule has 0 radical (unpaired) electrons. The third kappa shape index (κ3) is 3.04. The highest BCUT2D eigenvalue weighted by Crippen LogP contribution is 2.27. The van der Waals surface area contributed by atoms with E-state index in [1.807, 2.05) is 37.3 Å². The van der Waals surface area contributed by atoms with Gasteiger partial charge in [0.2, 0.25) is 0 Å². The van der Waals surface area contributed by atoms with Crippen LogP contribution in [0.2, 0.25) is 0 Å². The van der Waals surface area contributed by atoms with Crippen LogP contribution in [0, 0.1) is 12.8 Å². The molecule has 2 aromatic heterocycles. The monoisotopic (exact) mass is 378 g/mol. The van der Waals surface area contributed by atoms with Gasteiger partial charge in [-0.15, -0.1) is 15.3 Å². The Labute approximate surface area is 162 Å². The second-order valence-electron chi connectivity index (χ2n) is 7.48. The lowest BCUT2D eigenvalue weighted by Crippen LogP contribution is -2.53. The molecule has 1 unspecified atom stereocenters. The Morgan fingerprint density at radius 1 is 1.21 bits per heavy atom. The van der Waals surface area contributed by atoms with Gasteiger partial charge in [-0.3, -0.25) is 4.79 Å². The summed E-state index contributed by atoms with van der Waals surface area (Å²) < 4.78 is 7.62. The van der Waals surface area contributed by atoms with Gasteiger partial charge in [-0.05, 0) is 43.5 Å². The molecule has 8 heteroatoms. The highest BCUT2D eigenvalue weighted by Gasteiger charge is 2.31. The fraction of sp³-hybridized carbons (Fsp3) is 0.400. The molecule has 8 nitrogen and oxygen atoms in total. The summed E-state index contributed by atoms with van der Waals surface area (Å²) in [6, 6.07) is 11.8. The first kappa shape index (κ1) is 17.0. The molecule has 1 aromatic carbocycles. The summed E-state index contributed by atoms with van der Waals surface area (Å²) in [5.74, 6) is 2.90. The van der Waals surface area contributed by atoms with Crippen molar-refractivity contribution in [3.05, 3.63) is 47.8 Å². The number of ether oxygens (including phenoxy) is 1. The number of para-hydroxylation sites is 1. The molecule has 144 valence electrons. The molecule has 1 atom stereocenters. The Bertz CT molecular complexity index is 1030. The summed E-state index contributed by atoms with van der Waals surface area (Å²) in [6.07, 6.45) is 1.20. The number of hydrogen-bond acceptors (Lipinski definition) is 6. The van der Waals surface area contributed by atoms with Crippen LogP contribution < -0.4 is 15.0 Å². The van der Waals surface area contributed by atoms with Crippen LogP contribution in [0.1, 0.15) is 17.8 Å². The van der Waals surface area contributed by atoms with E-state index < -0.39 is 6.10 Å². The number of nitrogens with one attached hydrogen (secondary N) is 1. The third-order valence-corrected chi connectivity index (χ3v) is 5.46. The molecule has 0 saturated carbocycles. The van der Waals surface area contributed by atoms with Crippen LogP contribution in [0.3, 0.4) is 0 Å². The van der Waals surface area contributed by atoms with Crippen LogP contribution in [0.25, 0.3) is 5.65 Å². The zero-order valence-electron chi connectivity index (χ0n) is 15.7. The zero-order valence-corrected chi connectivity index (χ0v) is 15.7. The molecule has 1 saturated heterocycles. The normalized spacial score (nSPS) is 19.0. The quantitative estimate of drug-likeness (QED) is 0.738. The van der Waals surface area contributed by atoms with Crippen molar-refractivity contribution in [3.63, 3.8) is 0 Å². The predicted octanol–water partition coefficient (Wildman–Crippen LogP) is 1.38. The number of nitrogens with zero attached hydrogens (tertiary/aromatic N) is 5. The maximum absolute atomic E-state index is 12.5. The Hall–Kier alpha value is -3.16. The van der Waals surface area contributed by atoms with E-state index in [9.17, 15) is 4.79 Å². The summed E-state index contributed by atoms with van der Waals surface area (Å²) in [6.45, 7) is 4.28. The van der Waals surface area contributed by atoms with Gasteiger partial charge in [0.05, 0.1) is 0 Å². The second kappa shape index (κ2) is 6.78. The SMILES string of the molecule is Cc1nnc2ccc(N3CC(CNC(=O)C4CCc5ccccc5O4)C3)nn12. The van der Waals surface area contributed by atoms with Crippen molar-refractivity contribution in [1.29, 1.82) is 0 Å². The van der Waals surface area contributed by atoms with Crippen LogP contribution in [-0.2, 0) is 11.2 Å². The van der Waals surface area contributed by atoms with Crippen LogP contribution in [0.4, 0.5) is 5.82 Å². The first-order chi connectivity index (χ1) is 13.7. The average Bonchev–Trinajstić information content (AvgIpc) is 3.06. The minimum atomic E-state index is -0.396. The Kier molecular flexibility index (Phi) is 4.11. The Morgan fingerprint density at radius 3 is 2.96 bits per heavy atom. The first-order valence-corrected chi connectivity index (χ1v) is 9.63. The van der Waals surface area contributed by atoms with Crippen LogP contribution in [0.15, 0.2) is 36.4 Å². The Morgan fingerprint density at radius 2 is 2.07 bits per heavy atom. The summed E-state index contributed by atoms with van der Waals surface area (Å²) in [7, 11) is 0. The van der Waals surface area contributed by atoms with Gasteiger partial charge in [-0.1, -0.05) is 18.2 Å². The average molecular weight is 378 g/mol. The van der Waals surface area contributed by atoms with Crippen molar-refractivity contribution < 1.29 is 9.53 Å². The van der Waals surface area contributed by atoms with Gasteiger partial charge in [0, 0.05) is 25.6 Å². The fourth-order valence-corrected chi connectivity index (χ4v) is 3.81. The molecule has 2 aliphatic heterocycles. The first-order valence-electron chi connectivity index (χ1n) is 9.63. The molecule has 0 bridgehead atoms. The molecular weight excluding hydrogens is 356 g/mol. The minimum Gasteiger partial charge on any atom is -0.480 e. The van der Waals surface area contributed by atoms with Gasteiger partial charge in [0.15, 0.2) is 17.6 Å². The summed E-state index contributed by atoms with van der Waals surface area (Å²) in [5, 5.41) is 15.7. The molecule has 1 fully saturated rings. The van der Waals surface area contributed by atoms with Gasteiger partial charge in [-0.25, -0.2) is 0 Å². The summed E-state index contributed by atoms with van der Waals surface area (Å²) >= 11 is 0. The van der Waals surface area contributed by atoms with Gasteiger partial charge in [-0.2, -0.15) is 4.52 Å². The lowest BCUT2D eigenvalue weighted by atomic mass is 9.99. The van der Waals surface area contributed by atoms with Crippen LogP contribution in [0.5, 0.6) is 5.75 Å². The maximum atomic E-state index is 12.5. The van der Waals surface area contributed by atoms with E-state index in [1.54, 1.807) is 4.52 Å². The predicted molar refractivity (Wildman–Crippen MR) is 103 cm³/mol. The highest BCUT2D eigenvalue weighted by atomic mass is 16.5. The van der Waals surface area contributed by atoms with Crippen molar-refractivity contribution in [2.24, 2.45) is 5.92 Å². The topological polar surface area (TPSA) is 84.7 Å². The number of carbonyl (C=O) groups is 1. The van der Waals surface area contributed by atoms with Crippen LogP contribution >= 0.6 is 0 Å². The highest BCUT2D eigenvalue weighted by molar-refractivity contribution is 5.81. The molecule has 1 amide bonds. The number of aryl methyl sites for hydroxylation is 2. The van der Waals surface area contributed by atoms with Gasteiger partial charge < -0.3 is 15.0 Å². The smallest absolute Gasteiger partial charge is 0.261 e. The van der Waals surface area contributed by atoms with Crippen molar-refractivity contribution in [3.8, 4) is 5.75 Å². The van der Waals surface area contributed by atoms with Crippen molar-refractivity contribution in [2.75, 3.05) is 24.5 Å². The van der Waals surface area contributed by atoms with Gasteiger partial charge in [0.1, 0.15) is 11.6 Å². The second-order valence-corrected chi connectivity index (χ2v) is 7.48. The van der Waals surface area contributed by atoms with E-state index in [1.165, 1.54) is 5.56 Å². The van der Waals surface area contributed by atoms with Gasteiger partial charge >= 0.3 is 0 Å². The lowest BCUT2D eigenvalue weighted by molar-refractivity contribution is -0.128. The molecule has 28 heavy (non-hydrogen) atoms. The fourth-order valence-electron chi connectivity index (χ4n) is 3.81. The number of aromatic nitrogens is 4. The number of fused-ring (bicyclic) bond motifs is 2. The van der Waals surface area contributed by atoms with Crippen molar-refractivity contribution in [1.82, 2.24) is 25.1 Å². The number of anilines is 1. The number of benzene rings is 1. The maximum Gasteiger partial charge on any atom is 0.261 e. The lowest BCUT2D eigenvalue weighted by Gasteiger charge is -2.40. The van der Waals surface area contributed by atoms with E-state index in [0.717, 1.165) is 49.0 Å². The number of carbonyl (C=O) groups excluding carboxylic acids is 1. The standard InChI is InChI=1S/C20H22N6O2/c1-13-22-23-18-8-9-19(24-26(13)18)25-11-14(12-25)10-21-20(27)17-7-6-15-4-2-3-5-16(15)28-17/h2-5,8-9,14,17H,6-7,10-12H2,1H3,(H,21,27). The molecule has 1 N–H and O–H groups in total. The molecule has 0 spiro atoms. The largest absolute Gasteiger partial charge is 0.480 e. The van der Waals surface area contributed by atoms with E-state index in [-0.39, 0.29) is 5.91 Å². The minimum absolute atomic E-state index is 0.0207. The molecule has 2 aliphatic rings. The Balaban J connectivity index is 1.13. The zero-order chi connectivity index (χ0) is 19.1. The number of rotatable bonds is 4. The third-order valence-electron chi connectivity index (χ3n) is 5.46. The molecule has 3 aromatic rings. The van der Waals surface area contributed by atoms with E-state index in [0.29, 0.717) is 12.5 Å². The molecule has 0 aliphatic carbocycles. The van der Waals surface area contributed by atoms with E-state index in [2.05, 4.69) is 31.6 Å². The van der Waals surface area contributed by atoms with Crippen molar-refractivity contribution >= 4 is 17.4 Å².